The molecule has 2 aliphatic rings. The highest BCUT2D eigenvalue weighted by molar-refractivity contribution is 5.74. The Morgan fingerprint density at radius 3 is 3.00 bits per heavy atom. The number of nitrogens with one attached hydrogen (secondary N) is 1. The van der Waals surface area contributed by atoms with Gasteiger partial charge in [0.15, 0.2) is 0 Å². The van der Waals surface area contributed by atoms with Gasteiger partial charge in [0.25, 0.3) is 0 Å². The van der Waals surface area contributed by atoms with E-state index >= 15 is 0 Å². The maximum Gasteiger partial charge on any atom is 0.317 e. The van der Waals surface area contributed by atoms with Gasteiger partial charge in [-0.15, -0.1) is 0 Å². The van der Waals surface area contributed by atoms with Gasteiger partial charge in [-0.3, -0.25) is 0 Å². The number of likely N-dealkylation sites (tertiary alicyclic amines) is 1. The summed E-state index contributed by atoms with van der Waals surface area (Å²) < 4.78 is 5.38. The number of carbonyl (C=O) groups excluding carboxylic acids is 1. The first-order valence-corrected chi connectivity index (χ1v) is 6.92. The van der Waals surface area contributed by atoms with Crippen LogP contribution in [-0.2, 0) is 4.74 Å². The maximum atomic E-state index is 12.1. The van der Waals surface area contributed by atoms with Crippen molar-refractivity contribution in [3.63, 3.8) is 0 Å². The zero-order valence-electron chi connectivity index (χ0n) is 11.2. The first-order valence-electron chi connectivity index (χ1n) is 6.92. The zero-order chi connectivity index (χ0) is 13.0. The highest BCUT2D eigenvalue weighted by atomic mass is 16.5. The topological polar surface area (TPSA) is 61.8 Å². The van der Waals surface area contributed by atoms with E-state index in [-0.39, 0.29) is 12.1 Å². The Kier molecular flexibility index (Phi) is 4.45. The molecule has 5 nitrogen and oxygen atoms in total. The minimum atomic E-state index is -0.734. The molecule has 0 spiro atoms. The highest BCUT2D eigenvalue weighted by Crippen LogP contribution is 2.20. The second kappa shape index (κ2) is 5.89. The lowest BCUT2D eigenvalue weighted by atomic mass is 9.95. The Morgan fingerprint density at radius 2 is 2.22 bits per heavy atom. The molecule has 2 aliphatic heterocycles. The molecule has 2 saturated heterocycles. The van der Waals surface area contributed by atoms with E-state index in [1.54, 1.807) is 11.8 Å². The lowest BCUT2D eigenvalue weighted by Crippen LogP contribution is -2.53. The molecule has 2 fully saturated rings. The third-order valence-corrected chi connectivity index (χ3v) is 3.74. The molecule has 0 radical (unpaired) electrons. The summed E-state index contributed by atoms with van der Waals surface area (Å²) in [5.41, 5.74) is -0.734. The Bertz CT molecular complexity index is 286. The normalized spacial score (nSPS) is 33.9. The van der Waals surface area contributed by atoms with E-state index in [0.29, 0.717) is 6.54 Å². The van der Waals surface area contributed by atoms with Gasteiger partial charge in [0.1, 0.15) is 0 Å². The predicted octanol–water partition coefficient (Wildman–Crippen LogP) is 1.11. The van der Waals surface area contributed by atoms with Crippen molar-refractivity contribution in [1.82, 2.24) is 10.2 Å². The van der Waals surface area contributed by atoms with Crippen molar-refractivity contribution in [2.75, 3.05) is 26.3 Å². The van der Waals surface area contributed by atoms with Crippen LogP contribution in [0.3, 0.4) is 0 Å². The molecule has 2 amide bonds. The third-order valence-electron chi connectivity index (χ3n) is 3.74. The molecular weight excluding hydrogens is 232 g/mol. The Morgan fingerprint density at radius 1 is 1.39 bits per heavy atom. The minimum absolute atomic E-state index is 0.0399. The van der Waals surface area contributed by atoms with E-state index in [0.717, 1.165) is 51.9 Å². The Hall–Kier alpha value is -0.810. The van der Waals surface area contributed by atoms with Crippen LogP contribution in [0.25, 0.3) is 0 Å². The van der Waals surface area contributed by atoms with Crippen molar-refractivity contribution in [1.29, 1.82) is 0 Å². The van der Waals surface area contributed by atoms with Crippen LogP contribution in [0.5, 0.6) is 0 Å². The van der Waals surface area contributed by atoms with Gasteiger partial charge in [-0.25, -0.2) is 4.79 Å². The number of urea groups is 1. The number of hydrogen-bond acceptors (Lipinski definition) is 3. The summed E-state index contributed by atoms with van der Waals surface area (Å²) in [4.78, 5) is 13.9. The lowest BCUT2D eigenvalue weighted by molar-refractivity contribution is -0.00293. The van der Waals surface area contributed by atoms with E-state index < -0.39 is 5.60 Å². The molecule has 2 rings (SSSR count). The summed E-state index contributed by atoms with van der Waals surface area (Å²) >= 11 is 0. The summed E-state index contributed by atoms with van der Waals surface area (Å²) in [6.45, 7) is 4.49. The molecule has 18 heavy (non-hydrogen) atoms. The molecule has 2 unspecified atom stereocenters. The van der Waals surface area contributed by atoms with Crippen molar-refractivity contribution in [3.8, 4) is 0 Å². The van der Waals surface area contributed by atoms with Crippen LogP contribution in [0.1, 0.15) is 39.0 Å². The number of hydrogen-bond donors (Lipinski definition) is 2. The molecule has 2 N–H and O–H groups in total. The van der Waals surface area contributed by atoms with Crippen molar-refractivity contribution in [3.05, 3.63) is 0 Å². The molecule has 0 aromatic rings. The number of nitrogens with zero attached hydrogens (tertiary/aromatic N) is 1. The van der Waals surface area contributed by atoms with Crippen LogP contribution in [0.4, 0.5) is 4.79 Å². The van der Waals surface area contributed by atoms with Crippen molar-refractivity contribution < 1.29 is 14.6 Å². The van der Waals surface area contributed by atoms with Crippen LogP contribution in [-0.4, -0.2) is 54.0 Å². The Labute approximate surface area is 108 Å². The van der Waals surface area contributed by atoms with Crippen LogP contribution in [0.2, 0.25) is 0 Å². The maximum absolute atomic E-state index is 12.1. The standard InChI is InChI=1S/C13H24N2O3/c1-13(17)6-3-7-15(10-13)12(16)14-11-4-2-8-18-9-5-11/h11,17H,2-10H2,1H3,(H,14,16). The lowest BCUT2D eigenvalue weighted by Gasteiger charge is -2.37. The third kappa shape index (κ3) is 3.85. The summed E-state index contributed by atoms with van der Waals surface area (Å²) in [5, 5.41) is 13.1. The second-order valence-electron chi connectivity index (χ2n) is 5.71. The number of β-amino-alcohol motifs (C(OH)–C–C–N with tert-alkyl or cyclic N) is 1. The summed E-state index contributed by atoms with van der Waals surface area (Å²) in [5.74, 6) is 0. The number of amides is 2. The smallest absolute Gasteiger partial charge is 0.317 e. The quantitative estimate of drug-likeness (QED) is 0.739. The molecule has 104 valence electrons. The molecule has 0 saturated carbocycles. The monoisotopic (exact) mass is 256 g/mol. The van der Waals surface area contributed by atoms with Gasteiger partial charge in [-0.05, 0) is 39.0 Å². The molecular formula is C13H24N2O3. The predicted molar refractivity (Wildman–Crippen MR) is 68.4 cm³/mol. The summed E-state index contributed by atoms with van der Waals surface area (Å²) in [6.07, 6.45) is 4.51. The first-order chi connectivity index (χ1) is 8.57. The molecule has 0 aromatic carbocycles. The molecule has 0 aliphatic carbocycles. The van der Waals surface area contributed by atoms with Gasteiger partial charge in [-0.2, -0.15) is 0 Å². The summed E-state index contributed by atoms with van der Waals surface area (Å²) in [6, 6.07) is 0.175. The molecule has 2 atom stereocenters. The second-order valence-corrected chi connectivity index (χ2v) is 5.71. The van der Waals surface area contributed by atoms with Crippen LogP contribution >= 0.6 is 0 Å². The van der Waals surface area contributed by atoms with Gasteiger partial charge in [0.2, 0.25) is 0 Å². The zero-order valence-corrected chi connectivity index (χ0v) is 11.2. The molecule has 0 aromatic heterocycles. The van der Waals surface area contributed by atoms with Gasteiger partial charge in [0.05, 0.1) is 12.1 Å². The van der Waals surface area contributed by atoms with E-state index in [4.69, 9.17) is 4.74 Å². The van der Waals surface area contributed by atoms with Crippen LogP contribution in [0.15, 0.2) is 0 Å². The SMILES string of the molecule is CC1(O)CCCN(C(=O)NC2CCCOCC2)C1. The molecule has 5 heteroatoms. The number of piperidine rings is 1. The number of rotatable bonds is 1. The van der Waals surface area contributed by atoms with Crippen molar-refractivity contribution >= 4 is 6.03 Å². The number of ether oxygens (including phenoxy) is 1. The van der Waals surface area contributed by atoms with E-state index in [9.17, 15) is 9.90 Å². The minimum Gasteiger partial charge on any atom is -0.388 e. The largest absolute Gasteiger partial charge is 0.388 e. The first kappa shape index (κ1) is 13.6. The average Bonchev–Trinajstić information content (AvgIpc) is 2.56. The van der Waals surface area contributed by atoms with Crippen molar-refractivity contribution in [2.45, 2.75) is 50.7 Å². The van der Waals surface area contributed by atoms with E-state index in [2.05, 4.69) is 5.32 Å². The van der Waals surface area contributed by atoms with E-state index in [1.807, 2.05) is 0 Å². The number of aliphatic hydroxyl groups is 1. The fourth-order valence-corrected chi connectivity index (χ4v) is 2.71. The Balaban J connectivity index is 1.83. The molecule has 2 heterocycles. The average molecular weight is 256 g/mol. The highest BCUT2D eigenvalue weighted by Gasteiger charge is 2.31. The fourth-order valence-electron chi connectivity index (χ4n) is 2.71. The van der Waals surface area contributed by atoms with Crippen molar-refractivity contribution in [2.24, 2.45) is 0 Å². The number of carbonyl (C=O) groups is 1. The van der Waals surface area contributed by atoms with Gasteiger partial charge < -0.3 is 20.1 Å². The van der Waals surface area contributed by atoms with Gasteiger partial charge >= 0.3 is 6.03 Å². The molecule has 0 bridgehead atoms. The van der Waals surface area contributed by atoms with Crippen LogP contribution < -0.4 is 5.32 Å². The van der Waals surface area contributed by atoms with Gasteiger partial charge in [0, 0.05) is 25.8 Å². The van der Waals surface area contributed by atoms with Gasteiger partial charge in [-0.1, -0.05) is 0 Å². The van der Waals surface area contributed by atoms with Crippen LogP contribution in [0, 0.1) is 0 Å². The fraction of sp³-hybridized carbons (Fsp3) is 0.923. The van der Waals surface area contributed by atoms with E-state index in [1.165, 1.54) is 0 Å². The summed E-state index contributed by atoms with van der Waals surface area (Å²) in [7, 11) is 0.